The number of anilines is 3. The first kappa shape index (κ1) is 18.7. The number of hydrogen-bond acceptors (Lipinski definition) is 1. The lowest BCUT2D eigenvalue weighted by atomic mass is 9.39. The topological polar surface area (TPSA) is 3.24 Å². The van der Waals surface area contributed by atoms with E-state index >= 15 is 0 Å². The van der Waals surface area contributed by atoms with Gasteiger partial charge in [0.2, 0.25) is 6.71 Å². The molecule has 0 spiro atoms. The third kappa shape index (κ3) is 3.12. The van der Waals surface area contributed by atoms with Crippen molar-refractivity contribution in [3.63, 3.8) is 0 Å². The average molecular weight is 407 g/mol. The molecule has 0 atom stereocenters. The van der Waals surface area contributed by atoms with E-state index in [1.165, 1.54) is 27.5 Å². The van der Waals surface area contributed by atoms with Gasteiger partial charge < -0.3 is 4.90 Å². The summed E-state index contributed by atoms with van der Waals surface area (Å²) in [6, 6.07) is 47.8. The number of rotatable bonds is 4. The van der Waals surface area contributed by atoms with Gasteiger partial charge in [-0.3, -0.25) is 0 Å². The molecule has 0 unspecified atom stereocenters. The molecule has 0 bridgehead atoms. The fraction of sp³-hybridized carbons (Fsp3) is 0. The van der Waals surface area contributed by atoms with Crippen molar-refractivity contribution in [3.05, 3.63) is 133 Å². The van der Waals surface area contributed by atoms with Crippen LogP contribution in [0.3, 0.4) is 0 Å². The van der Waals surface area contributed by atoms with Crippen LogP contribution in [-0.4, -0.2) is 6.71 Å². The Bertz CT molecular complexity index is 1260. The first-order chi connectivity index (χ1) is 15.9. The minimum absolute atomic E-state index is 0.276. The molecule has 5 aromatic carbocycles. The predicted molar refractivity (Wildman–Crippen MR) is 138 cm³/mol. The molecule has 1 aliphatic rings. The standard InChI is InChI=1S/C30H22BN/c1-3-11-24(12-4-1)32(25-13-5-2-6-14-25)26-21-19-23(20-22-26)31-29-17-9-7-15-27(29)28-16-8-10-18-30(28)31/h1-22H. The van der Waals surface area contributed by atoms with E-state index < -0.39 is 0 Å². The Morgan fingerprint density at radius 3 is 1.28 bits per heavy atom. The van der Waals surface area contributed by atoms with Gasteiger partial charge in [0.15, 0.2) is 0 Å². The van der Waals surface area contributed by atoms with Crippen molar-refractivity contribution in [1.29, 1.82) is 0 Å². The fourth-order valence-electron chi connectivity index (χ4n) is 4.93. The van der Waals surface area contributed by atoms with E-state index in [2.05, 4.69) is 138 Å². The number of benzene rings is 5. The Kier molecular flexibility index (Phi) is 4.62. The van der Waals surface area contributed by atoms with Gasteiger partial charge in [0.05, 0.1) is 0 Å². The number of fused-ring (bicyclic) bond motifs is 3. The minimum atomic E-state index is 0.276. The summed E-state index contributed by atoms with van der Waals surface area (Å²) >= 11 is 0. The summed E-state index contributed by atoms with van der Waals surface area (Å²) in [5, 5.41) is 0. The molecule has 6 rings (SSSR count). The zero-order chi connectivity index (χ0) is 21.3. The van der Waals surface area contributed by atoms with Crippen LogP contribution in [0.15, 0.2) is 133 Å². The predicted octanol–water partition coefficient (Wildman–Crippen LogP) is 5.65. The zero-order valence-corrected chi connectivity index (χ0v) is 17.7. The second-order valence-electron chi connectivity index (χ2n) is 8.21. The highest BCUT2D eigenvalue weighted by Gasteiger charge is 2.32. The molecule has 0 aliphatic carbocycles. The molecule has 0 aromatic heterocycles. The number of nitrogens with zero attached hydrogens (tertiary/aromatic N) is 1. The molecular formula is C30H22BN. The second-order valence-corrected chi connectivity index (χ2v) is 8.21. The highest BCUT2D eigenvalue weighted by Crippen LogP contribution is 2.33. The van der Waals surface area contributed by atoms with Crippen molar-refractivity contribution in [2.24, 2.45) is 0 Å². The summed E-state index contributed by atoms with van der Waals surface area (Å²) in [6.07, 6.45) is 0. The van der Waals surface area contributed by atoms with E-state index in [1.807, 2.05) is 0 Å². The molecule has 0 fully saturated rings. The third-order valence-electron chi connectivity index (χ3n) is 6.35. The SMILES string of the molecule is c1ccc(N(c2ccccc2)c2ccc(B3c4ccccc4-c4ccccc43)cc2)cc1. The summed E-state index contributed by atoms with van der Waals surface area (Å²) < 4.78 is 0. The summed E-state index contributed by atoms with van der Waals surface area (Å²) in [5.74, 6) is 0. The Morgan fingerprint density at radius 1 is 0.375 bits per heavy atom. The highest BCUT2D eigenvalue weighted by atomic mass is 15.1. The molecule has 0 saturated carbocycles. The smallest absolute Gasteiger partial charge is 0.242 e. The van der Waals surface area contributed by atoms with Crippen molar-refractivity contribution < 1.29 is 0 Å². The van der Waals surface area contributed by atoms with Crippen LogP contribution in [-0.2, 0) is 0 Å². The van der Waals surface area contributed by atoms with Crippen LogP contribution in [0.5, 0.6) is 0 Å². The van der Waals surface area contributed by atoms with E-state index in [9.17, 15) is 0 Å². The summed E-state index contributed by atoms with van der Waals surface area (Å²) in [6.45, 7) is 0.276. The molecular weight excluding hydrogens is 385 g/mol. The number of hydrogen-bond donors (Lipinski definition) is 0. The van der Waals surface area contributed by atoms with Crippen LogP contribution in [0, 0.1) is 0 Å². The van der Waals surface area contributed by atoms with Crippen molar-refractivity contribution in [2.45, 2.75) is 0 Å². The van der Waals surface area contributed by atoms with E-state index in [4.69, 9.17) is 0 Å². The van der Waals surface area contributed by atoms with Gasteiger partial charge in [0, 0.05) is 17.1 Å². The largest absolute Gasteiger partial charge is 0.311 e. The summed E-state index contributed by atoms with van der Waals surface area (Å²) in [5.41, 5.74) is 10.3. The molecule has 1 heterocycles. The Morgan fingerprint density at radius 2 is 0.781 bits per heavy atom. The Balaban J connectivity index is 1.44. The maximum absolute atomic E-state index is 2.31. The molecule has 0 N–H and O–H groups in total. The lowest BCUT2D eigenvalue weighted by Crippen LogP contribution is -2.48. The van der Waals surface area contributed by atoms with Crippen LogP contribution in [0.25, 0.3) is 11.1 Å². The van der Waals surface area contributed by atoms with Gasteiger partial charge in [-0.05, 0) is 47.5 Å². The zero-order valence-electron chi connectivity index (χ0n) is 17.7. The van der Waals surface area contributed by atoms with E-state index in [1.54, 1.807) is 0 Å². The normalized spacial score (nSPS) is 11.7. The lowest BCUT2D eigenvalue weighted by Gasteiger charge is -2.25. The van der Waals surface area contributed by atoms with Gasteiger partial charge in [0.25, 0.3) is 0 Å². The molecule has 32 heavy (non-hydrogen) atoms. The maximum atomic E-state index is 2.31. The Labute approximate surface area is 189 Å². The lowest BCUT2D eigenvalue weighted by molar-refractivity contribution is 1.29. The van der Waals surface area contributed by atoms with Crippen molar-refractivity contribution in [2.75, 3.05) is 4.90 Å². The second kappa shape index (κ2) is 7.90. The van der Waals surface area contributed by atoms with Crippen LogP contribution in [0.4, 0.5) is 17.1 Å². The molecule has 5 aromatic rings. The van der Waals surface area contributed by atoms with Gasteiger partial charge in [-0.2, -0.15) is 0 Å². The minimum Gasteiger partial charge on any atom is -0.311 e. The molecule has 0 amide bonds. The van der Waals surface area contributed by atoms with Gasteiger partial charge >= 0.3 is 0 Å². The average Bonchev–Trinajstić information content (AvgIpc) is 3.21. The highest BCUT2D eigenvalue weighted by molar-refractivity contribution is 6.99. The van der Waals surface area contributed by atoms with E-state index in [0.717, 1.165) is 17.1 Å². The first-order valence-electron chi connectivity index (χ1n) is 11.1. The van der Waals surface area contributed by atoms with Crippen LogP contribution < -0.4 is 21.3 Å². The van der Waals surface area contributed by atoms with Crippen molar-refractivity contribution in [3.8, 4) is 11.1 Å². The van der Waals surface area contributed by atoms with Crippen LogP contribution in [0.1, 0.15) is 0 Å². The number of para-hydroxylation sites is 2. The van der Waals surface area contributed by atoms with E-state index in [0.29, 0.717) is 0 Å². The molecule has 0 radical (unpaired) electrons. The van der Waals surface area contributed by atoms with Gasteiger partial charge in [-0.1, -0.05) is 113 Å². The molecule has 0 saturated heterocycles. The quantitative estimate of drug-likeness (QED) is 0.341. The fourth-order valence-corrected chi connectivity index (χ4v) is 4.93. The Hall–Kier alpha value is -4.04. The molecule has 1 aliphatic heterocycles. The third-order valence-corrected chi connectivity index (χ3v) is 6.35. The monoisotopic (exact) mass is 407 g/mol. The molecule has 150 valence electrons. The summed E-state index contributed by atoms with van der Waals surface area (Å²) in [4.78, 5) is 2.31. The first-order valence-corrected chi connectivity index (χ1v) is 11.1. The van der Waals surface area contributed by atoms with Gasteiger partial charge in [-0.15, -0.1) is 0 Å². The van der Waals surface area contributed by atoms with Crippen molar-refractivity contribution >= 4 is 40.2 Å². The van der Waals surface area contributed by atoms with Crippen molar-refractivity contribution in [1.82, 2.24) is 0 Å². The molecule has 2 heteroatoms. The van der Waals surface area contributed by atoms with Gasteiger partial charge in [-0.25, -0.2) is 0 Å². The summed E-state index contributed by atoms with van der Waals surface area (Å²) in [7, 11) is 0. The van der Waals surface area contributed by atoms with E-state index in [-0.39, 0.29) is 6.71 Å². The molecule has 1 nitrogen and oxygen atoms in total. The van der Waals surface area contributed by atoms with Crippen LogP contribution in [0.2, 0.25) is 0 Å². The van der Waals surface area contributed by atoms with Gasteiger partial charge in [0.1, 0.15) is 0 Å². The van der Waals surface area contributed by atoms with Crippen LogP contribution >= 0.6 is 0 Å². The maximum Gasteiger partial charge on any atom is 0.242 e.